The van der Waals surface area contributed by atoms with E-state index in [1.807, 2.05) is 50.2 Å². The molecule has 15 unspecified atom stereocenters. The van der Waals surface area contributed by atoms with E-state index in [2.05, 4.69) is 137 Å². The fraction of sp³-hybridized carbons (Fsp3) is 0.690. The van der Waals surface area contributed by atoms with E-state index in [4.69, 9.17) is 81.9 Å². The molecule has 2 aromatic carbocycles. The Morgan fingerprint density at radius 2 is 0.858 bits per heavy atom. The van der Waals surface area contributed by atoms with Gasteiger partial charge in [0.05, 0.1) is 28.4 Å². The minimum absolute atomic E-state index is 0. The second-order valence-corrected chi connectivity index (χ2v) is 52.6. The molecule has 3 amide bonds. The van der Waals surface area contributed by atoms with Gasteiger partial charge in [-0.05, 0) is 345 Å². The summed E-state index contributed by atoms with van der Waals surface area (Å²) < 4.78 is 19.4. The molecule has 3 heterocycles. The molecule has 781 valence electrons. The molecule has 15 rings (SSSR count). The van der Waals surface area contributed by atoms with E-state index in [1.165, 1.54) is 190 Å². The first-order chi connectivity index (χ1) is 64.4. The molecule has 0 bridgehead atoms. The van der Waals surface area contributed by atoms with Crippen LogP contribution in [0.3, 0.4) is 0 Å². The van der Waals surface area contributed by atoms with Crippen LogP contribution < -0.4 is 36.5 Å². The second kappa shape index (κ2) is 64.9. The van der Waals surface area contributed by atoms with Gasteiger partial charge >= 0.3 is 54.0 Å². The maximum atomic E-state index is 12.0. The first-order valence-corrected chi connectivity index (χ1v) is 59.2. The van der Waals surface area contributed by atoms with Crippen molar-refractivity contribution >= 4 is 92.3 Å². The number of esters is 2. The Bertz CT molecular complexity index is 4400. The van der Waals surface area contributed by atoms with Gasteiger partial charge in [-0.2, -0.15) is 0 Å². The molecule has 5 radical (unpaired) electrons. The van der Waals surface area contributed by atoms with Crippen LogP contribution in [0.4, 0.5) is 11.4 Å². The number of nitrogens with one attached hydrogen (secondary N) is 4. The summed E-state index contributed by atoms with van der Waals surface area (Å²) in [4.78, 5) is 67.6. The summed E-state index contributed by atoms with van der Waals surface area (Å²) in [5.74, 6) is 12.1. The molecule has 12 fully saturated rings. The molecule has 6 N–H and O–H groups in total. The van der Waals surface area contributed by atoms with E-state index in [9.17, 15) is 28.8 Å². The molecule has 141 heavy (non-hydrogen) atoms. The minimum Gasteiger partial charge on any atom is 0 e. The standard InChI is InChI=1S/C28H40NO3.C20H32NO.2C20H30NO.C16H25O.C7H9NO.C5H7BrO2.3ClH.Rh.5Y.H2/c1-19-8-7-17-28(4)25(19)15-16-26(28)20(2)9-10-23(18-21(3)27(30)32-6)29-22-11-13-24(31-5)14-12-22;3*1-13-6-5-11-20(4)17(13)9-10-18(20)14(2)7-8-16-12-15(3)19(22)21-16;1-12-6-4-10-16(3)14(12)8-9-15(16)13(2)7-5-11-17;1-9-7-4-2-6(8)3-5-7;1-4(3-6)5(7)8-2;;;;;;;;;;/h1,11-14,20,23,25-26,29H,3,7-10,15-18H2,2,4-6H3;1,14-18H,5-12H2,2-4H3,(H,21,22);1,12,14,16-18H,5-11H2,2-4H3,(H,21,22);1,14,16-18H,3,5-12H2,2,4H3,(H,21,22);1,11,13-15H,4-10H2,2-3H3;2-5H,8H2,1H3;1,3H2,2H3;3*1H;;;;;;;1H/q5*-1;;;;;;+3;;;;;;/p-3/t20?,23?,25?,26-,28+;14?,15?,16?,17?,18-,20+;2*14?,16?,17?,18-,20+;13?,14?,15-,16+;;;;;;;;;;;;/m11111............/s1. The Labute approximate surface area is 1010 Å². The number of hydrogen-bond acceptors (Lipinski definition) is 12. The quantitative estimate of drug-likeness (QED) is 0.00979. The number of carbonyl (C=O) groups is 6. The van der Waals surface area contributed by atoms with Gasteiger partial charge in [-0.1, -0.05) is 182 Å². The summed E-state index contributed by atoms with van der Waals surface area (Å²) in [5, 5.41) is 13.4. The number of aldehydes is 1. The van der Waals surface area contributed by atoms with Gasteiger partial charge in [0.1, 0.15) is 17.8 Å². The molecule has 3 aliphatic heterocycles. The molecule has 2 aromatic rings. The number of ether oxygens (including phenoxy) is 4. The van der Waals surface area contributed by atoms with Gasteiger partial charge in [0.15, 0.2) is 0 Å². The van der Waals surface area contributed by atoms with Crippen molar-refractivity contribution in [3.63, 3.8) is 0 Å². The average molecular weight is 2530 g/mol. The number of methoxy groups -OCH3 is 4. The van der Waals surface area contributed by atoms with Crippen molar-refractivity contribution in [1.29, 1.82) is 0 Å². The predicted molar refractivity (Wildman–Crippen MR) is 563 cm³/mol. The minimum atomic E-state index is -1.66. The fourth-order valence-electron chi connectivity index (χ4n) is 28.6. The number of nitrogen functional groups attached to an aromatic ring is 1. The number of fused-ring (bicyclic) bond motifs is 5. The molecule has 25 atom stereocenters. The van der Waals surface area contributed by atoms with Crippen molar-refractivity contribution < 1.29 is 226 Å². The van der Waals surface area contributed by atoms with Crippen molar-refractivity contribution in [1.82, 2.24) is 16.0 Å². The van der Waals surface area contributed by atoms with E-state index in [0.717, 1.165) is 160 Å². The summed E-state index contributed by atoms with van der Waals surface area (Å²) >= 11 is 1.40. The van der Waals surface area contributed by atoms with Gasteiger partial charge in [-0.3, -0.25) is 42.2 Å². The van der Waals surface area contributed by atoms with Crippen molar-refractivity contribution in [2.24, 2.45) is 122 Å². The molecular weight excluding hydrogens is 2360 g/mol. The van der Waals surface area contributed by atoms with Gasteiger partial charge in [0, 0.05) is 240 Å². The molecule has 10 saturated carbocycles. The number of halogens is 4. The van der Waals surface area contributed by atoms with Gasteiger partial charge < -0.3 is 83.6 Å². The number of allylic oxidation sites excluding steroid dienone is 5. The normalized spacial score (nSPS) is 31.2. The molecule has 0 spiro atoms. The number of nitrogens with two attached hydrogens (primary N) is 1. The van der Waals surface area contributed by atoms with Crippen LogP contribution in [-0.2, 0) is 215 Å². The molecule has 13 aliphatic rings. The largest absolute Gasteiger partial charge is 0 e. The zero-order valence-corrected chi connectivity index (χ0v) is 108. The monoisotopic (exact) mass is 2530 g/mol. The Morgan fingerprint density at radius 1 is 0.518 bits per heavy atom. The van der Waals surface area contributed by atoms with Crippen molar-refractivity contribution in [3.8, 4) is 11.5 Å². The van der Waals surface area contributed by atoms with Crippen molar-refractivity contribution in [2.75, 3.05) is 44.8 Å². The third kappa shape index (κ3) is 37.6. The molecule has 10 aliphatic carbocycles. The van der Waals surface area contributed by atoms with Crippen LogP contribution in [0.25, 0.3) is 0 Å². The first kappa shape index (κ1) is 135. The van der Waals surface area contributed by atoms with Gasteiger partial charge in [0.25, 0.3) is 0 Å². The predicted octanol–water partition coefficient (Wildman–Crippen LogP) is 28.8. The van der Waals surface area contributed by atoms with Crippen molar-refractivity contribution in [3.05, 3.63) is 157 Å². The van der Waals surface area contributed by atoms with Crippen LogP contribution in [0.2, 0.25) is 0 Å². The Kier molecular flexibility index (Phi) is 62.1. The van der Waals surface area contributed by atoms with Crippen molar-refractivity contribution in [2.45, 2.75) is 351 Å². The van der Waals surface area contributed by atoms with E-state index >= 15 is 0 Å². The SMILES string of the molecule is C=C(CBr)C(=O)OC.COc1ccc(N)cc1.[CH-]=C1CCC[C@@]2(C)C1CC[C@@H]2C(C)CCC(CC(=C)C(=O)OC)Nc1ccc(OC)cc1.[CH-]=C1CCC[C@@]2(C)C1CC[C@@H]2C(C)CCC1C=C(C)C(=O)N1.[CH-]=C1CCC[C@@]2(C)C1CC[C@@H]2C(C)CCC1CC(=C)C(=O)N1.[CH-]=C1CCC[C@@]2(C)C1CC[C@@H]2C(C)CCC1CC(C)C(=O)N1.[CH-]=C1CCC[C@@]2(C)C1CC[C@@H]2C(C)CCC=O.[Cl][Rh]([Cl])[Cl].[HH].[Y].[Y].[Y].[Y].[Y]. The third-order valence-electron chi connectivity index (χ3n) is 36.1. The first-order valence-electron chi connectivity index (χ1n) is 51.7. The molecule has 15 nitrogen and oxygen atoms in total. The number of hydrogen-bond donors (Lipinski definition) is 5. The maximum Gasteiger partial charge on any atom is 0 e. The number of carbonyl (C=O) groups excluding carboxylic acids is 6. The number of amides is 3. The Balaban J connectivity index is 0.000000569. The van der Waals surface area contributed by atoms with Crippen LogP contribution in [0.1, 0.15) is 329 Å². The molecule has 25 heteroatoms. The molecule has 0 aromatic heterocycles. The fourth-order valence-corrected chi connectivity index (χ4v) is 28.8. The van der Waals surface area contributed by atoms with Gasteiger partial charge in [-0.15, -0.1) is 0 Å². The summed E-state index contributed by atoms with van der Waals surface area (Å²) in [6.07, 6.45) is 47.9. The summed E-state index contributed by atoms with van der Waals surface area (Å²) in [6.45, 7) is 71.2. The van der Waals surface area contributed by atoms with Crippen LogP contribution in [0.15, 0.2) is 125 Å². The van der Waals surface area contributed by atoms with E-state index in [-0.39, 0.29) is 213 Å². The smallest absolute Gasteiger partial charge is 0 e. The van der Waals surface area contributed by atoms with Crippen LogP contribution in [-0.4, -0.2) is 93.9 Å². The third-order valence-corrected chi connectivity index (χ3v) is 36.8. The van der Waals surface area contributed by atoms with Gasteiger partial charge in [0.2, 0.25) is 17.7 Å². The zero-order valence-electron chi connectivity index (χ0n) is 88.8. The van der Waals surface area contributed by atoms with Gasteiger partial charge in [-0.25, -0.2) is 9.59 Å². The van der Waals surface area contributed by atoms with Crippen LogP contribution >= 0.6 is 45.0 Å². The Morgan fingerprint density at radius 3 is 1.16 bits per heavy atom. The topological polar surface area (TPSA) is 213 Å². The number of anilines is 2. The second-order valence-electron chi connectivity index (χ2n) is 44.6. The zero-order chi connectivity index (χ0) is 100. The maximum absolute atomic E-state index is 12.0. The van der Waals surface area contributed by atoms with Crippen LogP contribution in [0.5, 0.6) is 11.5 Å². The van der Waals surface area contributed by atoms with E-state index in [1.54, 1.807) is 26.4 Å². The van der Waals surface area contributed by atoms with Crippen LogP contribution in [0, 0.1) is 155 Å². The summed E-state index contributed by atoms with van der Waals surface area (Å²) in [7, 11) is 20.8. The average Bonchev–Trinajstić information content (AvgIpc) is 1.63. The Hall–Kier alpha value is -0.187. The summed E-state index contributed by atoms with van der Waals surface area (Å²) in [6, 6.07) is 16.3. The van der Waals surface area contributed by atoms with E-state index in [0.29, 0.717) is 121 Å². The number of alkyl halides is 1. The number of rotatable bonds is 29. The molecule has 2 saturated heterocycles. The van der Waals surface area contributed by atoms with E-state index < -0.39 is 13.0 Å². The molecular formula is C116H175BrCl3N5O10RhY5-5. The number of benzene rings is 2. The summed E-state index contributed by atoms with van der Waals surface area (Å²) in [5.41, 5.74) is 18.1.